The van der Waals surface area contributed by atoms with Gasteiger partial charge in [-0.25, -0.2) is 13.8 Å². The highest BCUT2D eigenvalue weighted by molar-refractivity contribution is 7.21. The molecule has 2 aromatic heterocycles. The summed E-state index contributed by atoms with van der Waals surface area (Å²) in [6.45, 7) is 4.64. The van der Waals surface area contributed by atoms with E-state index < -0.39 is 17.7 Å². The molecule has 1 saturated heterocycles. The van der Waals surface area contributed by atoms with Crippen LogP contribution in [0.5, 0.6) is 5.75 Å². The Kier molecular flexibility index (Phi) is 5.34. The van der Waals surface area contributed by atoms with E-state index >= 15 is 0 Å². The molecule has 10 heteroatoms. The monoisotopic (exact) mass is 459 g/mol. The zero-order valence-electron chi connectivity index (χ0n) is 17.5. The van der Waals surface area contributed by atoms with Crippen molar-refractivity contribution in [2.24, 2.45) is 0 Å². The van der Waals surface area contributed by atoms with Crippen LogP contribution in [0, 0.1) is 18.6 Å². The average molecular weight is 460 g/mol. The Balaban J connectivity index is 1.36. The molecule has 1 fully saturated rings. The number of thiophene rings is 1. The highest BCUT2D eigenvalue weighted by atomic mass is 32.1. The molecule has 2 aliphatic rings. The van der Waals surface area contributed by atoms with Crippen LogP contribution in [0.3, 0.4) is 0 Å². The minimum Gasteiger partial charge on any atom is -0.491 e. The smallest absolute Gasteiger partial charge is 0.263 e. The molecule has 3 aromatic rings. The largest absolute Gasteiger partial charge is 0.491 e. The lowest BCUT2D eigenvalue weighted by Gasteiger charge is -2.32. The van der Waals surface area contributed by atoms with Crippen molar-refractivity contribution in [2.75, 3.05) is 43.4 Å². The van der Waals surface area contributed by atoms with Gasteiger partial charge in [0, 0.05) is 55.3 Å². The molecule has 7 nitrogen and oxygen atoms in total. The van der Waals surface area contributed by atoms with Gasteiger partial charge in [-0.1, -0.05) is 0 Å². The maximum absolute atomic E-state index is 14.9. The number of nitrogens with one attached hydrogen (secondary N) is 2. The Hall–Kier alpha value is -2.98. The van der Waals surface area contributed by atoms with Crippen molar-refractivity contribution in [3.05, 3.63) is 46.0 Å². The highest BCUT2D eigenvalue weighted by Crippen LogP contribution is 2.36. The summed E-state index contributed by atoms with van der Waals surface area (Å²) < 4.78 is 35.5. The van der Waals surface area contributed by atoms with E-state index in [9.17, 15) is 13.6 Å². The SMILES string of the molecule is Cc1ccc2c(N)c(C(=O)N[C@H]3COc4cc(N5CCNCC5)c(F)c(F)c4C3)sc2n1. The normalized spacial score (nSPS) is 18.3. The van der Waals surface area contributed by atoms with Crippen molar-refractivity contribution < 1.29 is 18.3 Å². The van der Waals surface area contributed by atoms with Crippen LogP contribution in [0.25, 0.3) is 10.2 Å². The summed E-state index contributed by atoms with van der Waals surface area (Å²) in [7, 11) is 0. The number of pyridine rings is 1. The van der Waals surface area contributed by atoms with Crippen LogP contribution in [0.4, 0.5) is 20.2 Å². The molecule has 4 N–H and O–H groups in total. The van der Waals surface area contributed by atoms with Crippen LogP contribution >= 0.6 is 11.3 Å². The number of piperazine rings is 1. The van der Waals surface area contributed by atoms with Gasteiger partial charge in [0.1, 0.15) is 22.1 Å². The first-order valence-electron chi connectivity index (χ1n) is 10.5. The predicted molar refractivity (Wildman–Crippen MR) is 121 cm³/mol. The van der Waals surface area contributed by atoms with Gasteiger partial charge in [0.2, 0.25) is 0 Å². The zero-order valence-corrected chi connectivity index (χ0v) is 18.3. The van der Waals surface area contributed by atoms with Gasteiger partial charge < -0.3 is 26.0 Å². The summed E-state index contributed by atoms with van der Waals surface area (Å²) in [4.78, 5) is 20.1. The summed E-state index contributed by atoms with van der Waals surface area (Å²) in [5, 5.41) is 6.77. The summed E-state index contributed by atoms with van der Waals surface area (Å²) in [5.74, 6) is -1.85. The number of anilines is 2. The van der Waals surface area contributed by atoms with E-state index in [0.717, 1.165) is 11.1 Å². The Morgan fingerprint density at radius 3 is 2.88 bits per heavy atom. The maximum atomic E-state index is 14.9. The molecule has 0 unspecified atom stereocenters. The van der Waals surface area contributed by atoms with Crippen LogP contribution in [0.2, 0.25) is 0 Å². The maximum Gasteiger partial charge on any atom is 0.263 e. The van der Waals surface area contributed by atoms with Crippen molar-refractivity contribution in [2.45, 2.75) is 19.4 Å². The van der Waals surface area contributed by atoms with Gasteiger partial charge >= 0.3 is 0 Å². The second kappa shape index (κ2) is 8.18. The van der Waals surface area contributed by atoms with Crippen molar-refractivity contribution in [1.29, 1.82) is 0 Å². The van der Waals surface area contributed by atoms with E-state index in [0.29, 0.717) is 47.3 Å². The molecule has 0 spiro atoms. The van der Waals surface area contributed by atoms with Crippen LogP contribution in [-0.2, 0) is 6.42 Å². The van der Waals surface area contributed by atoms with Gasteiger partial charge in [0.15, 0.2) is 11.6 Å². The number of rotatable bonds is 3. The van der Waals surface area contributed by atoms with Crippen molar-refractivity contribution in [1.82, 2.24) is 15.6 Å². The fraction of sp³-hybridized carbons (Fsp3) is 0.364. The first-order valence-corrected chi connectivity index (χ1v) is 11.3. The number of aromatic nitrogens is 1. The quantitative estimate of drug-likeness (QED) is 0.558. The molecule has 1 amide bonds. The fourth-order valence-corrected chi connectivity index (χ4v) is 5.22. The molecule has 0 saturated carbocycles. The van der Waals surface area contributed by atoms with E-state index in [1.807, 2.05) is 24.0 Å². The lowest BCUT2D eigenvalue weighted by atomic mass is 10.00. The molecule has 1 atom stereocenters. The van der Waals surface area contributed by atoms with Gasteiger partial charge in [-0.15, -0.1) is 11.3 Å². The fourth-order valence-electron chi connectivity index (χ4n) is 4.18. The van der Waals surface area contributed by atoms with Crippen molar-refractivity contribution in [3.8, 4) is 5.75 Å². The Labute approximate surface area is 187 Å². The molecule has 168 valence electrons. The van der Waals surface area contributed by atoms with E-state index in [-0.39, 0.29) is 30.2 Å². The van der Waals surface area contributed by atoms with Gasteiger partial charge in [0.05, 0.1) is 17.4 Å². The minimum atomic E-state index is -0.920. The Morgan fingerprint density at radius 1 is 1.31 bits per heavy atom. The summed E-state index contributed by atoms with van der Waals surface area (Å²) in [6, 6.07) is 4.74. The summed E-state index contributed by atoms with van der Waals surface area (Å²) >= 11 is 1.21. The molecule has 0 aliphatic carbocycles. The van der Waals surface area contributed by atoms with E-state index in [4.69, 9.17) is 10.5 Å². The number of ether oxygens (including phenoxy) is 1. The highest BCUT2D eigenvalue weighted by Gasteiger charge is 2.30. The lowest BCUT2D eigenvalue weighted by molar-refractivity contribution is 0.0919. The molecule has 4 heterocycles. The topological polar surface area (TPSA) is 92.5 Å². The number of benzene rings is 1. The van der Waals surface area contributed by atoms with E-state index in [1.165, 1.54) is 11.3 Å². The molecule has 5 rings (SSSR count). The number of fused-ring (bicyclic) bond motifs is 2. The van der Waals surface area contributed by atoms with Crippen LogP contribution < -0.4 is 26.0 Å². The number of aryl methyl sites for hydroxylation is 1. The lowest BCUT2D eigenvalue weighted by Crippen LogP contribution is -2.45. The van der Waals surface area contributed by atoms with Crippen LogP contribution in [0.1, 0.15) is 20.9 Å². The first kappa shape index (κ1) is 20.9. The zero-order chi connectivity index (χ0) is 22.4. The molecular weight excluding hydrogens is 436 g/mol. The number of halogens is 2. The molecule has 2 aliphatic heterocycles. The number of nitrogen functional groups attached to an aromatic ring is 1. The minimum absolute atomic E-state index is 0.133. The second-order valence-corrected chi connectivity index (χ2v) is 9.07. The van der Waals surface area contributed by atoms with Crippen LogP contribution in [-0.4, -0.2) is 49.7 Å². The molecule has 32 heavy (non-hydrogen) atoms. The summed E-state index contributed by atoms with van der Waals surface area (Å²) in [5.41, 5.74) is 7.71. The standard InChI is InChI=1S/C22H23F2N5O2S/c1-11-2-3-13-19(25)20(32-22(13)27-11)21(30)28-12-8-14-16(31-10-12)9-15(18(24)17(14)23)29-6-4-26-5-7-29/h2-3,9,12,26H,4-8,10,25H2,1H3,(H,28,30)/t12-/m1/s1. The number of nitrogens with two attached hydrogens (primary N) is 1. The predicted octanol–water partition coefficient (Wildman–Crippen LogP) is 2.61. The third-order valence-electron chi connectivity index (χ3n) is 5.87. The van der Waals surface area contributed by atoms with Gasteiger partial charge in [-0.3, -0.25) is 4.79 Å². The van der Waals surface area contributed by atoms with Crippen LogP contribution in [0.15, 0.2) is 18.2 Å². The van der Waals surface area contributed by atoms with Gasteiger partial charge in [0.25, 0.3) is 5.91 Å². The number of hydrogen-bond donors (Lipinski definition) is 3. The number of nitrogens with zero attached hydrogens (tertiary/aromatic N) is 2. The first-order chi connectivity index (χ1) is 15.4. The number of carbonyl (C=O) groups is 1. The van der Waals surface area contributed by atoms with Crippen molar-refractivity contribution in [3.63, 3.8) is 0 Å². The number of amides is 1. The third kappa shape index (κ3) is 3.63. The van der Waals surface area contributed by atoms with Gasteiger partial charge in [-0.05, 0) is 19.1 Å². The Morgan fingerprint density at radius 2 is 2.09 bits per heavy atom. The number of hydrogen-bond acceptors (Lipinski definition) is 7. The molecule has 1 aromatic carbocycles. The third-order valence-corrected chi connectivity index (χ3v) is 6.98. The molecule has 0 bridgehead atoms. The number of carbonyl (C=O) groups excluding carboxylic acids is 1. The average Bonchev–Trinajstić information content (AvgIpc) is 3.12. The van der Waals surface area contributed by atoms with Gasteiger partial charge in [-0.2, -0.15) is 0 Å². The van der Waals surface area contributed by atoms with Crippen molar-refractivity contribution >= 4 is 38.8 Å². The van der Waals surface area contributed by atoms with E-state index in [1.54, 1.807) is 6.07 Å². The van der Waals surface area contributed by atoms with E-state index in [2.05, 4.69) is 15.6 Å². The second-order valence-electron chi connectivity index (χ2n) is 8.07. The molecular formula is C22H23F2N5O2S. The molecule has 0 radical (unpaired) electrons. The summed E-state index contributed by atoms with van der Waals surface area (Å²) in [6.07, 6.45) is 0.133. The Bertz CT molecular complexity index is 1210.